The van der Waals surface area contributed by atoms with E-state index in [0.29, 0.717) is 5.92 Å². The third-order valence-electron chi connectivity index (χ3n) is 2.43. The van der Waals surface area contributed by atoms with Gasteiger partial charge in [0.05, 0.1) is 0 Å². The van der Waals surface area contributed by atoms with Gasteiger partial charge in [0.2, 0.25) is 0 Å². The molecule has 0 heterocycles. The van der Waals surface area contributed by atoms with Crippen molar-refractivity contribution < 1.29 is 4.39 Å². The van der Waals surface area contributed by atoms with Gasteiger partial charge in [-0.15, -0.1) is 0 Å². The molecule has 1 unspecified atom stereocenters. The van der Waals surface area contributed by atoms with Crippen LogP contribution in [0.25, 0.3) is 0 Å². The Kier molecular flexibility index (Phi) is 7.98. The number of rotatable bonds is 4. The van der Waals surface area contributed by atoms with Gasteiger partial charge in [-0.25, -0.2) is 4.39 Å². The molecule has 0 N–H and O–H groups in total. The highest BCUT2D eigenvalue weighted by molar-refractivity contribution is 5.19. The highest BCUT2D eigenvalue weighted by atomic mass is 19.1. The average molecular weight is 210 g/mol. The molecule has 0 aliphatic carbocycles. The van der Waals surface area contributed by atoms with E-state index in [2.05, 4.69) is 13.8 Å². The van der Waals surface area contributed by atoms with Crippen LogP contribution in [0.2, 0.25) is 0 Å². The van der Waals surface area contributed by atoms with E-state index in [1.54, 1.807) is 0 Å². The Balaban J connectivity index is 0.000000921. The summed E-state index contributed by atoms with van der Waals surface area (Å²) in [5, 5.41) is 0. The van der Waals surface area contributed by atoms with Crippen LogP contribution >= 0.6 is 0 Å². The fraction of sp³-hybridized carbons (Fsp3) is 0.571. The Morgan fingerprint density at radius 1 is 1.13 bits per heavy atom. The zero-order valence-corrected chi connectivity index (χ0v) is 10.4. The van der Waals surface area contributed by atoms with Gasteiger partial charge in [0, 0.05) is 0 Å². The second-order valence-electron chi connectivity index (χ2n) is 3.59. The number of unbranched alkanes of at least 4 members (excludes halogenated alkanes) is 1. The summed E-state index contributed by atoms with van der Waals surface area (Å²) in [5.41, 5.74) is 1.25. The van der Waals surface area contributed by atoms with Gasteiger partial charge in [0.1, 0.15) is 5.82 Å². The number of hydrogen-bond acceptors (Lipinski definition) is 0. The van der Waals surface area contributed by atoms with Gasteiger partial charge in [0.25, 0.3) is 0 Å². The fourth-order valence-electron chi connectivity index (χ4n) is 1.47. The summed E-state index contributed by atoms with van der Waals surface area (Å²) >= 11 is 0. The lowest BCUT2D eigenvalue weighted by Crippen LogP contribution is -1.93. The molecule has 0 aromatic heterocycles. The Hall–Kier alpha value is -0.850. The van der Waals surface area contributed by atoms with Gasteiger partial charge in [-0.3, -0.25) is 0 Å². The first-order chi connectivity index (χ1) is 7.24. The van der Waals surface area contributed by atoms with E-state index in [-0.39, 0.29) is 5.82 Å². The van der Waals surface area contributed by atoms with Crippen molar-refractivity contribution in [1.29, 1.82) is 0 Å². The van der Waals surface area contributed by atoms with Crippen LogP contribution in [-0.4, -0.2) is 0 Å². The molecule has 86 valence electrons. The molecule has 1 rings (SSSR count). The average Bonchev–Trinajstić information content (AvgIpc) is 2.29. The van der Waals surface area contributed by atoms with E-state index >= 15 is 0 Å². The van der Waals surface area contributed by atoms with Crippen molar-refractivity contribution in [2.75, 3.05) is 0 Å². The summed E-state index contributed by atoms with van der Waals surface area (Å²) in [6.45, 7) is 8.39. The first-order valence-corrected chi connectivity index (χ1v) is 5.99. The maximum atomic E-state index is 12.6. The van der Waals surface area contributed by atoms with Crippen LogP contribution in [0.1, 0.15) is 58.4 Å². The van der Waals surface area contributed by atoms with E-state index in [1.807, 2.05) is 26.0 Å². The first-order valence-electron chi connectivity index (χ1n) is 5.99. The second kappa shape index (κ2) is 8.46. The summed E-state index contributed by atoms with van der Waals surface area (Å²) in [4.78, 5) is 0. The van der Waals surface area contributed by atoms with Crippen molar-refractivity contribution in [1.82, 2.24) is 0 Å². The van der Waals surface area contributed by atoms with Crippen LogP contribution in [0.4, 0.5) is 4.39 Å². The molecule has 0 saturated carbocycles. The zero-order valence-electron chi connectivity index (χ0n) is 10.4. The summed E-state index contributed by atoms with van der Waals surface area (Å²) in [6, 6.07) is 6.85. The van der Waals surface area contributed by atoms with Gasteiger partial charge < -0.3 is 0 Å². The van der Waals surface area contributed by atoms with Crippen molar-refractivity contribution in [3.05, 3.63) is 35.6 Å². The van der Waals surface area contributed by atoms with Crippen LogP contribution in [0.15, 0.2) is 24.3 Å². The third-order valence-corrected chi connectivity index (χ3v) is 2.43. The predicted molar refractivity (Wildman–Crippen MR) is 65.7 cm³/mol. The largest absolute Gasteiger partial charge is 0.207 e. The molecule has 1 aromatic rings. The first kappa shape index (κ1) is 14.2. The zero-order chi connectivity index (χ0) is 11.7. The second-order valence-corrected chi connectivity index (χ2v) is 3.59. The minimum absolute atomic E-state index is 0.147. The van der Waals surface area contributed by atoms with Crippen LogP contribution in [-0.2, 0) is 0 Å². The van der Waals surface area contributed by atoms with E-state index < -0.39 is 0 Å². The maximum Gasteiger partial charge on any atom is 0.123 e. The fourth-order valence-corrected chi connectivity index (χ4v) is 1.47. The van der Waals surface area contributed by atoms with Gasteiger partial charge in [-0.2, -0.15) is 0 Å². The highest BCUT2D eigenvalue weighted by Crippen LogP contribution is 2.21. The summed E-state index contributed by atoms with van der Waals surface area (Å²) in [6.07, 6.45) is 3.67. The van der Waals surface area contributed by atoms with Gasteiger partial charge >= 0.3 is 0 Å². The van der Waals surface area contributed by atoms with Crippen molar-refractivity contribution in [2.24, 2.45) is 0 Å². The van der Waals surface area contributed by atoms with Crippen LogP contribution in [0.3, 0.4) is 0 Å². The van der Waals surface area contributed by atoms with Gasteiger partial charge in [0.15, 0.2) is 0 Å². The van der Waals surface area contributed by atoms with E-state index in [4.69, 9.17) is 0 Å². The molecule has 0 saturated heterocycles. The number of hydrogen-bond donors (Lipinski definition) is 0. The molecular formula is C14H23F. The summed E-state index contributed by atoms with van der Waals surface area (Å²) in [7, 11) is 0. The molecular weight excluding hydrogens is 187 g/mol. The molecule has 0 fully saturated rings. The Bertz CT molecular complexity index is 238. The lowest BCUT2D eigenvalue weighted by molar-refractivity contribution is 0.611. The van der Waals surface area contributed by atoms with Crippen molar-refractivity contribution in [3.63, 3.8) is 0 Å². The minimum atomic E-state index is -0.147. The summed E-state index contributed by atoms with van der Waals surface area (Å²) < 4.78 is 12.6. The monoisotopic (exact) mass is 210 g/mol. The number of halogens is 1. The molecule has 1 atom stereocenters. The molecule has 0 bridgehead atoms. The van der Waals surface area contributed by atoms with E-state index in [1.165, 1.54) is 37.0 Å². The summed E-state index contributed by atoms with van der Waals surface area (Å²) in [5.74, 6) is 0.409. The maximum absolute atomic E-state index is 12.6. The predicted octanol–water partition coefficient (Wildman–Crippen LogP) is 5.15. The molecule has 0 nitrogen and oxygen atoms in total. The Labute approximate surface area is 93.5 Å². The standard InChI is InChI=1S/C12H17F.C2H6/c1-3-4-5-10(2)11-6-8-12(13)9-7-11;1-2/h6-10H,3-5H2,1-2H3;1-2H3. The smallest absolute Gasteiger partial charge is 0.123 e. The van der Waals surface area contributed by atoms with Gasteiger partial charge in [-0.1, -0.05) is 52.7 Å². The van der Waals surface area contributed by atoms with E-state index in [0.717, 1.165) is 0 Å². The van der Waals surface area contributed by atoms with Crippen LogP contribution < -0.4 is 0 Å². The molecule has 0 aliphatic rings. The van der Waals surface area contributed by atoms with Gasteiger partial charge in [-0.05, 0) is 30.0 Å². The van der Waals surface area contributed by atoms with E-state index in [9.17, 15) is 4.39 Å². The molecule has 15 heavy (non-hydrogen) atoms. The Morgan fingerprint density at radius 2 is 1.67 bits per heavy atom. The highest BCUT2D eigenvalue weighted by Gasteiger charge is 2.03. The molecule has 0 spiro atoms. The van der Waals surface area contributed by atoms with Crippen LogP contribution in [0.5, 0.6) is 0 Å². The molecule has 0 aliphatic heterocycles. The topological polar surface area (TPSA) is 0 Å². The molecule has 1 heteroatoms. The SMILES string of the molecule is CC.CCCCC(C)c1ccc(F)cc1. The number of benzene rings is 1. The quantitative estimate of drug-likeness (QED) is 0.645. The Morgan fingerprint density at radius 3 is 2.13 bits per heavy atom. The van der Waals surface area contributed by atoms with Crippen LogP contribution in [0, 0.1) is 5.82 Å². The molecule has 0 amide bonds. The third kappa shape index (κ3) is 5.56. The van der Waals surface area contributed by atoms with Crippen molar-refractivity contribution in [2.45, 2.75) is 52.9 Å². The van der Waals surface area contributed by atoms with Crippen molar-refractivity contribution >= 4 is 0 Å². The minimum Gasteiger partial charge on any atom is -0.207 e. The lowest BCUT2D eigenvalue weighted by atomic mass is 9.96. The normalized spacial score (nSPS) is 11.5. The van der Waals surface area contributed by atoms with Crippen molar-refractivity contribution in [3.8, 4) is 0 Å². The lowest BCUT2D eigenvalue weighted by Gasteiger charge is -2.10. The molecule has 0 radical (unpaired) electrons. The molecule has 1 aromatic carbocycles.